The predicted octanol–water partition coefficient (Wildman–Crippen LogP) is 5.19. The molecule has 3 rings (SSSR count). The molecule has 30 heavy (non-hydrogen) atoms. The first-order chi connectivity index (χ1) is 14.5. The summed E-state index contributed by atoms with van der Waals surface area (Å²) in [6.07, 6.45) is 5.57. The van der Waals surface area contributed by atoms with E-state index in [1.807, 2.05) is 48.6 Å². The molecule has 2 aromatic rings. The molecule has 0 aliphatic heterocycles. The van der Waals surface area contributed by atoms with Crippen molar-refractivity contribution in [3.63, 3.8) is 0 Å². The Morgan fingerprint density at radius 2 is 1.27 bits per heavy atom. The van der Waals surface area contributed by atoms with E-state index in [0.717, 1.165) is 35.1 Å². The summed E-state index contributed by atoms with van der Waals surface area (Å²) in [7, 11) is 6.42. The van der Waals surface area contributed by atoms with Gasteiger partial charge in [-0.1, -0.05) is 19.1 Å². The van der Waals surface area contributed by atoms with Crippen LogP contribution in [0.1, 0.15) is 30.9 Å². The van der Waals surface area contributed by atoms with Crippen molar-refractivity contribution in [3.05, 3.63) is 58.7 Å². The van der Waals surface area contributed by atoms with Crippen LogP contribution in [0.15, 0.2) is 47.5 Å². The largest absolute Gasteiger partial charge is 0.493 e. The molecule has 5 heteroatoms. The summed E-state index contributed by atoms with van der Waals surface area (Å²) in [4.78, 5) is 13.3. The van der Waals surface area contributed by atoms with E-state index in [1.54, 1.807) is 28.4 Å². The Kier molecular flexibility index (Phi) is 6.83. The number of benzene rings is 2. The van der Waals surface area contributed by atoms with Crippen molar-refractivity contribution in [2.45, 2.75) is 19.8 Å². The number of carbonyl (C=O) groups is 1. The van der Waals surface area contributed by atoms with Gasteiger partial charge in [-0.3, -0.25) is 4.79 Å². The van der Waals surface area contributed by atoms with Gasteiger partial charge >= 0.3 is 0 Å². The lowest BCUT2D eigenvalue weighted by atomic mass is 9.80. The molecule has 0 amide bonds. The Morgan fingerprint density at radius 1 is 0.767 bits per heavy atom. The van der Waals surface area contributed by atoms with E-state index in [2.05, 4.69) is 6.92 Å². The molecule has 1 aliphatic rings. The second-order valence-electron chi connectivity index (χ2n) is 7.27. The SMILES string of the molecule is COc1ccc(/C=C2/CC[C@@H](C)/C(=C\c3ccc(OC)c(OC)c3)C2=O)cc1OC. The molecule has 2 aromatic carbocycles. The fraction of sp³-hybridized carbons (Fsp3) is 0.320. The van der Waals surface area contributed by atoms with Gasteiger partial charge < -0.3 is 18.9 Å². The van der Waals surface area contributed by atoms with E-state index in [4.69, 9.17) is 18.9 Å². The monoisotopic (exact) mass is 408 g/mol. The minimum atomic E-state index is 0.0818. The highest BCUT2D eigenvalue weighted by Crippen LogP contribution is 2.35. The summed E-state index contributed by atoms with van der Waals surface area (Å²) in [6, 6.07) is 11.3. The lowest BCUT2D eigenvalue weighted by molar-refractivity contribution is -0.113. The van der Waals surface area contributed by atoms with Gasteiger partial charge in [0.25, 0.3) is 0 Å². The van der Waals surface area contributed by atoms with Gasteiger partial charge in [0.05, 0.1) is 28.4 Å². The maximum Gasteiger partial charge on any atom is 0.185 e. The zero-order valence-corrected chi connectivity index (χ0v) is 18.2. The zero-order valence-electron chi connectivity index (χ0n) is 18.2. The van der Waals surface area contributed by atoms with Gasteiger partial charge in [0.15, 0.2) is 28.8 Å². The van der Waals surface area contributed by atoms with Crippen molar-refractivity contribution in [1.82, 2.24) is 0 Å². The number of Topliss-reactive ketones (excluding diaryl/α,β-unsaturated/α-hetero) is 1. The summed E-state index contributed by atoms with van der Waals surface area (Å²) in [5.41, 5.74) is 3.43. The van der Waals surface area contributed by atoms with Crippen molar-refractivity contribution < 1.29 is 23.7 Å². The van der Waals surface area contributed by atoms with E-state index in [1.165, 1.54) is 0 Å². The van der Waals surface area contributed by atoms with Crippen LogP contribution in [0, 0.1) is 5.92 Å². The van der Waals surface area contributed by atoms with Crippen molar-refractivity contribution >= 4 is 17.9 Å². The van der Waals surface area contributed by atoms with Crippen LogP contribution < -0.4 is 18.9 Å². The van der Waals surface area contributed by atoms with Gasteiger partial charge in [-0.15, -0.1) is 0 Å². The van der Waals surface area contributed by atoms with Gasteiger partial charge in [0.1, 0.15) is 0 Å². The molecule has 0 N–H and O–H groups in total. The van der Waals surface area contributed by atoms with Crippen LogP contribution in [-0.2, 0) is 4.79 Å². The average molecular weight is 408 g/mol. The molecule has 0 spiro atoms. The van der Waals surface area contributed by atoms with Gasteiger partial charge in [0.2, 0.25) is 0 Å². The van der Waals surface area contributed by atoms with E-state index in [9.17, 15) is 4.79 Å². The third-order valence-corrected chi connectivity index (χ3v) is 5.41. The molecule has 1 aliphatic carbocycles. The maximum absolute atomic E-state index is 13.3. The van der Waals surface area contributed by atoms with Crippen LogP contribution in [0.5, 0.6) is 23.0 Å². The quantitative estimate of drug-likeness (QED) is 0.616. The Morgan fingerprint density at radius 3 is 1.77 bits per heavy atom. The Balaban J connectivity index is 1.94. The molecule has 0 heterocycles. The summed E-state index contributed by atoms with van der Waals surface area (Å²) >= 11 is 0. The van der Waals surface area contributed by atoms with Gasteiger partial charge in [-0.25, -0.2) is 0 Å². The van der Waals surface area contributed by atoms with Crippen LogP contribution in [-0.4, -0.2) is 34.2 Å². The lowest BCUT2D eigenvalue weighted by Gasteiger charge is -2.23. The number of hydrogen-bond donors (Lipinski definition) is 0. The highest BCUT2D eigenvalue weighted by atomic mass is 16.5. The highest BCUT2D eigenvalue weighted by molar-refractivity contribution is 6.14. The first-order valence-corrected chi connectivity index (χ1v) is 9.91. The standard InChI is InChI=1S/C25H28O5/c1-16-6-9-19(12-17-7-10-21(27-2)23(14-17)29-4)25(26)20(16)13-18-8-11-22(28-3)24(15-18)30-5/h7-8,10-16H,6,9H2,1-5H3/b19-12-,20-13+/t16-/m1/s1. The Hall–Kier alpha value is -3.21. The molecule has 1 saturated carbocycles. The number of carbonyl (C=O) groups excluding carboxylic acids is 1. The van der Waals surface area contributed by atoms with Crippen LogP contribution in [0.4, 0.5) is 0 Å². The Bertz CT molecular complexity index is 987. The highest BCUT2D eigenvalue weighted by Gasteiger charge is 2.26. The van der Waals surface area contributed by atoms with Crippen LogP contribution in [0.2, 0.25) is 0 Å². The third-order valence-electron chi connectivity index (χ3n) is 5.41. The second-order valence-corrected chi connectivity index (χ2v) is 7.27. The number of ketones is 1. The fourth-order valence-electron chi connectivity index (χ4n) is 3.66. The molecule has 0 unspecified atom stereocenters. The topological polar surface area (TPSA) is 54.0 Å². The molecule has 1 fully saturated rings. The molecule has 158 valence electrons. The minimum Gasteiger partial charge on any atom is -0.493 e. The summed E-state index contributed by atoms with van der Waals surface area (Å²) in [6.45, 7) is 2.09. The van der Waals surface area contributed by atoms with E-state index < -0.39 is 0 Å². The lowest BCUT2D eigenvalue weighted by Crippen LogP contribution is -2.19. The van der Waals surface area contributed by atoms with Crippen molar-refractivity contribution in [2.24, 2.45) is 5.92 Å². The first kappa shape index (κ1) is 21.5. The van der Waals surface area contributed by atoms with Crippen LogP contribution >= 0.6 is 0 Å². The molecular formula is C25H28O5. The fourth-order valence-corrected chi connectivity index (χ4v) is 3.66. The normalized spacial score (nSPS) is 19.1. The van der Waals surface area contributed by atoms with Gasteiger partial charge in [-0.2, -0.15) is 0 Å². The number of allylic oxidation sites excluding steroid dienone is 2. The molecule has 5 nitrogen and oxygen atoms in total. The van der Waals surface area contributed by atoms with E-state index >= 15 is 0 Å². The van der Waals surface area contributed by atoms with Crippen molar-refractivity contribution in [3.8, 4) is 23.0 Å². The van der Waals surface area contributed by atoms with E-state index in [-0.39, 0.29) is 11.7 Å². The minimum absolute atomic E-state index is 0.0818. The summed E-state index contributed by atoms with van der Waals surface area (Å²) in [5, 5.41) is 0. The number of rotatable bonds is 6. The predicted molar refractivity (Wildman–Crippen MR) is 118 cm³/mol. The first-order valence-electron chi connectivity index (χ1n) is 9.91. The Labute approximate surface area is 177 Å². The third kappa shape index (κ3) is 4.51. The van der Waals surface area contributed by atoms with Gasteiger partial charge in [0, 0.05) is 11.1 Å². The molecular weight excluding hydrogens is 380 g/mol. The van der Waals surface area contributed by atoms with E-state index in [0.29, 0.717) is 23.0 Å². The molecule has 0 radical (unpaired) electrons. The van der Waals surface area contributed by atoms with Gasteiger partial charge in [-0.05, 0) is 66.3 Å². The maximum atomic E-state index is 13.3. The summed E-state index contributed by atoms with van der Waals surface area (Å²) < 4.78 is 21.4. The molecule has 1 atom stereocenters. The molecule has 0 aromatic heterocycles. The average Bonchev–Trinajstić information content (AvgIpc) is 2.78. The smallest absolute Gasteiger partial charge is 0.185 e. The molecule has 0 saturated heterocycles. The second kappa shape index (κ2) is 9.53. The number of methoxy groups -OCH3 is 4. The van der Waals surface area contributed by atoms with Crippen molar-refractivity contribution in [2.75, 3.05) is 28.4 Å². The van der Waals surface area contributed by atoms with Crippen LogP contribution in [0.3, 0.4) is 0 Å². The van der Waals surface area contributed by atoms with Crippen molar-refractivity contribution in [1.29, 1.82) is 0 Å². The zero-order chi connectivity index (χ0) is 21.7. The molecule has 0 bridgehead atoms. The summed E-state index contributed by atoms with van der Waals surface area (Å²) in [5.74, 6) is 2.88. The van der Waals surface area contributed by atoms with Crippen LogP contribution in [0.25, 0.3) is 12.2 Å². The number of ether oxygens (including phenoxy) is 4. The number of hydrogen-bond acceptors (Lipinski definition) is 5.